The minimum absolute atomic E-state index is 0.0390. The number of benzene rings is 1. The number of phenolic OH excluding ortho intramolecular Hbond substituents is 1. The Morgan fingerprint density at radius 2 is 1.94 bits per heavy atom. The third kappa shape index (κ3) is 4.76. The lowest BCUT2D eigenvalue weighted by atomic mass is 10.0. The highest BCUT2D eigenvalue weighted by atomic mass is 16.5. The Bertz CT molecular complexity index is 994. The molecule has 8 heteroatoms. The molecule has 8 nitrogen and oxygen atoms in total. The van der Waals surface area contributed by atoms with Crippen LogP contribution < -0.4 is 15.4 Å². The molecule has 174 valence electrons. The average Bonchev–Trinajstić information content (AvgIpc) is 2.75. The van der Waals surface area contributed by atoms with E-state index in [1.54, 1.807) is 0 Å². The van der Waals surface area contributed by atoms with Gasteiger partial charge in [0.15, 0.2) is 0 Å². The maximum atomic E-state index is 12.8. The number of aromatic amines is 1. The van der Waals surface area contributed by atoms with Gasteiger partial charge >= 0.3 is 0 Å². The number of nitrogens with zero attached hydrogens (tertiary/aromatic N) is 4. The quantitative estimate of drug-likeness (QED) is 0.712. The normalized spacial score (nSPS) is 21.4. The smallest absolute Gasteiger partial charge is 0.255 e. The molecule has 2 atom stereocenters. The van der Waals surface area contributed by atoms with E-state index in [-0.39, 0.29) is 17.8 Å². The summed E-state index contributed by atoms with van der Waals surface area (Å²) >= 11 is 0. The molecule has 0 radical (unpaired) electrons. The highest BCUT2D eigenvalue weighted by Gasteiger charge is 2.27. The zero-order valence-corrected chi connectivity index (χ0v) is 19.6. The van der Waals surface area contributed by atoms with E-state index < -0.39 is 0 Å². The molecule has 32 heavy (non-hydrogen) atoms. The molecule has 2 aliphatic heterocycles. The Balaban J connectivity index is 1.51. The van der Waals surface area contributed by atoms with E-state index in [4.69, 9.17) is 9.72 Å². The van der Waals surface area contributed by atoms with Crippen LogP contribution in [0.1, 0.15) is 44.5 Å². The fourth-order valence-corrected chi connectivity index (χ4v) is 4.83. The first-order valence-corrected chi connectivity index (χ1v) is 11.7. The van der Waals surface area contributed by atoms with E-state index in [1.165, 1.54) is 0 Å². The van der Waals surface area contributed by atoms with Crippen LogP contribution in [0.4, 0.5) is 11.6 Å². The van der Waals surface area contributed by atoms with E-state index in [1.807, 2.05) is 26.0 Å². The number of hydrogen-bond donors (Lipinski definition) is 2. The first-order valence-electron chi connectivity index (χ1n) is 11.7. The number of hydrogen-bond acceptors (Lipinski definition) is 7. The number of H-pyrrole nitrogens is 1. The van der Waals surface area contributed by atoms with Crippen molar-refractivity contribution in [1.82, 2.24) is 14.9 Å². The number of ether oxygens (including phenoxy) is 1. The van der Waals surface area contributed by atoms with Gasteiger partial charge in [0.1, 0.15) is 5.75 Å². The lowest BCUT2D eigenvalue weighted by molar-refractivity contribution is -0.00576. The molecule has 0 aliphatic carbocycles. The summed E-state index contributed by atoms with van der Waals surface area (Å²) in [4.78, 5) is 27.2. The molecular weight excluding hydrogens is 406 g/mol. The Morgan fingerprint density at radius 1 is 1.22 bits per heavy atom. The topological polar surface area (TPSA) is 84.9 Å². The summed E-state index contributed by atoms with van der Waals surface area (Å²) in [5.41, 5.74) is 3.50. The van der Waals surface area contributed by atoms with E-state index in [0.29, 0.717) is 44.3 Å². The van der Waals surface area contributed by atoms with Crippen LogP contribution in [0.5, 0.6) is 5.75 Å². The maximum absolute atomic E-state index is 12.8. The lowest BCUT2D eigenvalue weighted by Crippen LogP contribution is -2.47. The van der Waals surface area contributed by atoms with Crippen LogP contribution in [-0.2, 0) is 24.2 Å². The molecule has 4 rings (SSSR count). The SMILES string of the molecule is CCN(CC)c1ccc(CN2CCc3c(nc(N4C[C@@H](C)O[C@H](C)C4)[nH]c3=O)C2)c(O)c1. The van der Waals surface area contributed by atoms with Crippen molar-refractivity contribution in [2.24, 2.45) is 0 Å². The van der Waals surface area contributed by atoms with Crippen molar-refractivity contribution < 1.29 is 9.84 Å². The van der Waals surface area contributed by atoms with Gasteiger partial charge in [-0.2, -0.15) is 0 Å². The van der Waals surface area contributed by atoms with Gasteiger partial charge in [-0.05, 0) is 40.2 Å². The second kappa shape index (κ2) is 9.50. The Hall–Kier alpha value is -2.58. The van der Waals surface area contributed by atoms with Crippen LogP contribution in [0.25, 0.3) is 0 Å². The molecule has 2 N–H and O–H groups in total. The number of anilines is 2. The monoisotopic (exact) mass is 441 g/mol. The summed E-state index contributed by atoms with van der Waals surface area (Å²) in [6.45, 7) is 13.5. The number of morpholine rings is 1. The first kappa shape index (κ1) is 22.6. The Kier molecular flexibility index (Phi) is 6.71. The third-order valence-corrected chi connectivity index (χ3v) is 6.45. The van der Waals surface area contributed by atoms with Crippen LogP contribution in [0.3, 0.4) is 0 Å². The zero-order valence-electron chi connectivity index (χ0n) is 19.6. The van der Waals surface area contributed by atoms with Gasteiger partial charge in [-0.3, -0.25) is 14.7 Å². The maximum Gasteiger partial charge on any atom is 0.255 e. The Labute approximate surface area is 189 Å². The van der Waals surface area contributed by atoms with Crippen molar-refractivity contribution in [3.63, 3.8) is 0 Å². The van der Waals surface area contributed by atoms with Gasteiger partial charge in [0, 0.05) is 68.7 Å². The second-order valence-electron chi connectivity index (χ2n) is 8.92. The minimum Gasteiger partial charge on any atom is -0.508 e. The summed E-state index contributed by atoms with van der Waals surface area (Å²) < 4.78 is 5.82. The number of fused-ring (bicyclic) bond motifs is 1. The van der Waals surface area contributed by atoms with Crippen LogP contribution in [-0.4, -0.2) is 64.9 Å². The summed E-state index contributed by atoms with van der Waals surface area (Å²) in [5.74, 6) is 0.945. The number of nitrogens with one attached hydrogen (secondary N) is 1. The van der Waals surface area contributed by atoms with Crippen molar-refractivity contribution in [3.05, 3.63) is 45.4 Å². The predicted octanol–water partition coefficient (Wildman–Crippen LogP) is 2.49. The molecule has 2 aliphatic rings. The molecule has 3 heterocycles. The molecule has 0 amide bonds. The van der Waals surface area contributed by atoms with Crippen LogP contribution >= 0.6 is 0 Å². The standard InChI is InChI=1S/C24H35N5O3/c1-5-28(6-2)19-8-7-18(22(30)11-19)14-27-10-9-20-21(15-27)25-24(26-23(20)31)29-12-16(3)32-17(4)13-29/h7-8,11,16-17,30H,5-6,9-10,12-15H2,1-4H3,(H,25,26,31)/t16-,17-/m1/s1. The van der Waals surface area contributed by atoms with E-state index in [2.05, 4.69) is 39.6 Å². The van der Waals surface area contributed by atoms with Crippen LogP contribution in [0, 0.1) is 0 Å². The van der Waals surface area contributed by atoms with Gasteiger partial charge in [0.2, 0.25) is 5.95 Å². The van der Waals surface area contributed by atoms with E-state index in [0.717, 1.165) is 42.1 Å². The fourth-order valence-electron chi connectivity index (χ4n) is 4.83. The summed E-state index contributed by atoms with van der Waals surface area (Å²) in [6, 6.07) is 5.93. The minimum atomic E-state index is -0.0390. The summed E-state index contributed by atoms with van der Waals surface area (Å²) in [5, 5.41) is 10.6. The van der Waals surface area contributed by atoms with Gasteiger partial charge in [0.25, 0.3) is 5.56 Å². The van der Waals surface area contributed by atoms with Crippen molar-refractivity contribution in [3.8, 4) is 5.75 Å². The number of aromatic nitrogens is 2. The lowest BCUT2D eigenvalue weighted by Gasteiger charge is -2.36. The highest BCUT2D eigenvalue weighted by molar-refractivity contribution is 5.53. The average molecular weight is 442 g/mol. The molecule has 0 bridgehead atoms. The summed E-state index contributed by atoms with van der Waals surface area (Å²) in [7, 11) is 0. The molecule has 1 fully saturated rings. The number of phenols is 1. The molecule has 2 aromatic rings. The van der Waals surface area contributed by atoms with Crippen molar-refractivity contribution in [2.75, 3.05) is 42.5 Å². The first-order chi connectivity index (χ1) is 15.4. The third-order valence-electron chi connectivity index (χ3n) is 6.45. The molecule has 0 unspecified atom stereocenters. The highest BCUT2D eigenvalue weighted by Crippen LogP contribution is 2.27. The molecule has 1 saturated heterocycles. The predicted molar refractivity (Wildman–Crippen MR) is 127 cm³/mol. The zero-order chi connectivity index (χ0) is 22.8. The van der Waals surface area contributed by atoms with Crippen molar-refractivity contribution >= 4 is 11.6 Å². The van der Waals surface area contributed by atoms with E-state index >= 15 is 0 Å². The summed E-state index contributed by atoms with van der Waals surface area (Å²) in [6.07, 6.45) is 0.851. The molecular formula is C24H35N5O3. The number of aromatic hydroxyl groups is 1. The molecule has 0 saturated carbocycles. The van der Waals surface area contributed by atoms with Gasteiger partial charge in [-0.1, -0.05) is 6.07 Å². The van der Waals surface area contributed by atoms with Crippen molar-refractivity contribution in [2.45, 2.75) is 59.4 Å². The fraction of sp³-hybridized carbons (Fsp3) is 0.583. The van der Waals surface area contributed by atoms with Gasteiger partial charge in [0.05, 0.1) is 17.9 Å². The number of rotatable bonds is 6. The second-order valence-corrected chi connectivity index (χ2v) is 8.92. The Morgan fingerprint density at radius 3 is 2.59 bits per heavy atom. The van der Waals surface area contributed by atoms with Gasteiger partial charge < -0.3 is 19.6 Å². The van der Waals surface area contributed by atoms with E-state index in [9.17, 15) is 9.90 Å². The van der Waals surface area contributed by atoms with Crippen LogP contribution in [0.15, 0.2) is 23.0 Å². The molecule has 0 spiro atoms. The molecule has 1 aromatic heterocycles. The van der Waals surface area contributed by atoms with Gasteiger partial charge in [-0.15, -0.1) is 0 Å². The largest absolute Gasteiger partial charge is 0.508 e. The van der Waals surface area contributed by atoms with Crippen LogP contribution in [0.2, 0.25) is 0 Å². The molecule has 1 aromatic carbocycles. The van der Waals surface area contributed by atoms with Crippen molar-refractivity contribution in [1.29, 1.82) is 0 Å². The van der Waals surface area contributed by atoms with Gasteiger partial charge in [-0.25, -0.2) is 4.98 Å².